The smallest absolute Gasteiger partial charge is 0.321 e. The van der Waals surface area contributed by atoms with Gasteiger partial charge in [-0.25, -0.2) is 4.79 Å². The second-order valence-corrected chi connectivity index (χ2v) is 7.17. The number of hydrogen-bond acceptors (Lipinski definition) is 3. The van der Waals surface area contributed by atoms with E-state index < -0.39 is 0 Å². The van der Waals surface area contributed by atoms with Gasteiger partial charge in [0.2, 0.25) is 0 Å². The van der Waals surface area contributed by atoms with Crippen molar-refractivity contribution in [3.8, 4) is 0 Å². The third kappa shape index (κ3) is 3.59. The van der Waals surface area contributed by atoms with Gasteiger partial charge in [0.1, 0.15) is 0 Å². The topological polar surface area (TPSA) is 50.2 Å². The summed E-state index contributed by atoms with van der Waals surface area (Å²) in [4.78, 5) is 15.7. The lowest BCUT2D eigenvalue weighted by molar-refractivity contribution is 0.174. The lowest BCUT2D eigenvalue weighted by Gasteiger charge is -2.33. The average Bonchev–Trinajstić information content (AvgIpc) is 3.03. The Hall–Kier alpha value is -1.95. The van der Waals surface area contributed by atoms with Gasteiger partial charge in [-0.15, -0.1) is 11.8 Å². The van der Waals surface area contributed by atoms with Gasteiger partial charge in [-0.3, -0.25) is 4.68 Å². The number of thioether (sulfide) groups is 1. The monoisotopic (exact) mass is 344 g/mol. The number of aromatic nitrogens is 2. The molecule has 24 heavy (non-hydrogen) atoms. The number of benzene rings is 1. The molecule has 3 rings (SSSR count). The third-order valence-electron chi connectivity index (χ3n) is 4.47. The maximum absolute atomic E-state index is 12.7. The molecule has 2 amide bonds. The van der Waals surface area contributed by atoms with Gasteiger partial charge < -0.3 is 10.2 Å². The predicted octanol–water partition coefficient (Wildman–Crippen LogP) is 4.09. The van der Waals surface area contributed by atoms with Gasteiger partial charge in [-0.1, -0.05) is 12.1 Å². The number of nitrogens with one attached hydrogen (secondary N) is 1. The van der Waals surface area contributed by atoms with Crippen molar-refractivity contribution in [2.45, 2.75) is 37.6 Å². The summed E-state index contributed by atoms with van der Waals surface area (Å²) in [5, 5.41) is 7.53. The minimum Gasteiger partial charge on any atom is -0.322 e. The molecule has 0 radical (unpaired) electrons. The van der Waals surface area contributed by atoms with E-state index in [0.29, 0.717) is 6.54 Å². The van der Waals surface area contributed by atoms with Crippen LogP contribution in [0, 0.1) is 13.8 Å². The van der Waals surface area contributed by atoms with Crippen molar-refractivity contribution in [2.75, 3.05) is 24.7 Å². The molecule has 0 unspecified atom stereocenters. The molecule has 0 bridgehead atoms. The Morgan fingerprint density at radius 3 is 2.92 bits per heavy atom. The molecular formula is C18H24N4OS. The van der Waals surface area contributed by atoms with Gasteiger partial charge in [0, 0.05) is 24.2 Å². The maximum Gasteiger partial charge on any atom is 0.321 e. The van der Waals surface area contributed by atoms with Crippen LogP contribution in [-0.2, 0) is 0 Å². The summed E-state index contributed by atoms with van der Waals surface area (Å²) in [5.41, 5.74) is 3.17. The molecule has 1 aliphatic rings. The van der Waals surface area contributed by atoms with Gasteiger partial charge in [0.05, 0.1) is 17.9 Å². The standard InChI is InChI=1S/C18H24N4OS/c1-13-10-19-22(11-13)15-7-5-9-21(12-15)18(23)20-17-14(2)6-4-8-16(17)24-3/h4,6,8,10-11,15H,5,7,9,12H2,1-3H3,(H,20,23)/t15-/m0/s1. The van der Waals surface area contributed by atoms with Crippen LogP contribution < -0.4 is 5.32 Å². The van der Waals surface area contributed by atoms with Crippen molar-refractivity contribution in [3.63, 3.8) is 0 Å². The molecule has 1 aromatic heterocycles. The fraction of sp³-hybridized carbons (Fsp3) is 0.444. The molecule has 2 aromatic rings. The number of aryl methyl sites for hydroxylation is 2. The van der Waals surface area contributed by atoms with Crippen LogP contribution in [0.5, 0.6) is 0 Å². The molecule has 0 spiro atoms. The Morgan fingerprint density at radius 2 is 2.21 bits per heavy atom. The quantitative estimate of drug-likeness (QED) is 0.853. The third-order valence-corrected chi connectivity index (χ3v) is 5.25. The fourth-order valence-electron chi connectivity index (χ4n) is 3.14. The number of rotatable bonds is 3. The summed E-state index contributed by atoms with van der Waals surface area (Å²) >= 11 is 1.65. The molecule has 0 saturated carbocycles. The molecule has 1 atom stereocenters. The first-order valence-corrected chi connectivity index (χ1v) is 9.51. The first-order chi connectivity index (χ1) is 11.6. The molecule has 5 nitrogen and oxygen atoms in total. The Morgan fingerprint density at radius 1 is 1.38 bits per heavy atom. The number of likely N-dealkylation sites (tertiary alicyclic amines) is 1. The minimum atomic E-state index is -0.0202. The van der Waals surface area contributed by atoms with Gasteiger partial charge in [-0.05, 0) is 50.1 Å². The van der Waals surface area contributed by atoms with Gasteiger partial charge >= 0.3 is 6.03 Å². The Kier molecular flexibility index (Phi) is 5.14. The van der Waals surface area contributed by atoms with Crippen LogP contribution in [0.4, 0.5) is 10.5 Å². The highest BCUT2D eigenvalue weighted by Crippen LogP contribution is 2.29. The minimum absolute atomic E-state index is 0.0202. The number of anilines is 1. The summed E-state index contributed by atoms with van der Waals surface area (Å²) < 4.78 is 2.00. The number of urea groups is 1. The molecule has 1 aliphatic heterocycles. The van der Waals surface area contributed by atoms with Crippen LogP contribution in [0.25, 0.3) is 0 Å². The fourth-order valence-corrected chi connectivity index (χ4v) is 3.78. The molecule has 128 valence electrons. The second-order valence-electron chi connectivity index (χ2n) is 6.32. The lowest BCUT2D eigenvalue weighted by Crippen LogP contribution is -2.43. The normalized spacial score (nSPS) is 17.8. The Balaban J connectivity index is 1.71. The highest BCUT2D eigenvalue weighted by atomic mass is 32.2. The maximum atomic E-state index is 12.7. The van der Waals surface area contributed by atoms with Crippen LogP contribution in [-0.4, -0.2) is 40.1 Å². The van der Waals surface area contributed by atoms with Crippen LogP contribution in [0.2, 0.25) is 0 Å². The van der Waals surface area contributed by atoms with Crippen molar-refractivity contribution in [3.05, 3.63) is 41.7 Å². The molecule has 1 N–H and O–H groups in total. The summed E-state index contributed by atoms with van der Waals surface area (Å²) in [6.07, 6.45) is 8.02. The van der Waals surface area contributed by atoms with Crippen molar-refractivity contribution in [1.29, 1.82) is 0 Å². The van der Waals surface area contributed by atoms with E-state index in [9.17, 15) is 4.79 Å². The predicted molar refractivity (Wildman–Crippen MR) is 98.8 cm³/mol. The van der Waals surface area contributed by atoms with E-state index in [0.717, 1.165) is 41.1 Å². The molecule has 6 heteroatoms. The number of amides is 2. The van der Waals surface area contributed by atoms with Crippen molar-refractivity contribution in [2.24, 2.45) is 0 Å². The van der Waals surface area contributed by atoms with Crippen LogP contribution in [0.3, 0.4) is 0 Å². The molecular weight excluding hydrogens is 320 g/mol. The van der Waals surface area contributed by atoms with Gasteiger partial charge in [-0.2, -0.15) is 5.10 Å². The van der Waals surface area contributed by atoms with Crippen LogP contribution >= 0.6 is 11.8 Å². The summed E-state index contributed by atoms with van der Waals surface area (Å²) in [5.74, 6) is 0. The Labute approximate surface area is 147 Å². The summed E-state index contributed by atoms with van der Waals surface area (Å²) in [6.45, 7) is 5.57. The van der Waals surface area contributed by atoms with Gasteiger partial charge in [0.25, 0.3) is 0 Å². The molecule has 2 heterocycles. The van der Waals surface area contributed by atoms with Gasteiger partial charge in [0.15, 0.2) is 0 Å². The zero-order valence-corrected chi connectivity index (χ0v) is 15.3. The van der Waals surface area contributed by atoms with E-state index in [4.69, 9.17) is 0 Å². The zero-order chi connectivity index (χ0) is 17.1. The van der Waals surface area contributed by atoms with Crippen molar-refractivity contribution < 1.29 is 4.79 Å². The highest BCUT2D eigenvalue weighted by molar-refractivity contribution is 7.98. The zero-order valence-electron chi connectivity index (χ0n) is 14.5. The first-order valence-electron chi connectivity index (χ1n) is 8.29. The average molecular weight is 344 g/mol. The van der Waals surface area contributed by atoms with Crippen molar-refractivity contribution in [1.82, 2.24) is 14.7 Å². The van der Waals surface area contributed by atoms with Crippen molar-refractivity contribution >= 4 is 23.5 Å². The van der Waals surface area contributed by atoms with E-state index in [1.807, 2.05) is 54.1 Å². The lowest BCUT2D eigenvalue weighted by atomic mass is 10.1. The van der Waals surface area contributed by atoms with E-state index in [1.54, 1.807) is 11.8 Å². The number of carbonyl (C=O) groups is 1. The SMILES string of the molecule is CSc1cccc(C)c1NC(=O)N1CCC[C@H](n2cc(C)cn2)C1. The highest BCUT2D eigenvalue weighted by Gasteiger charge is 2.25. The number of nitrogens with zero attached hydrogens (tertiary/aromatic N) is 3. The number of hydrogen-bond donors (Lipinski definition) is 1. The largest absolute Gasteiger partial charge is 0.322 e. The second kappa shape index (κ2) is 7.30. The Bertz CT molecular complexity index is 728. The number of para-hydroxylation sites is 1. The first kappa shape index (κ1) is 16.9. The molecule has 0 aliphatic carbocycles. The molecule has 1 fully saturated rings. The van der Waals surface area contributed by atoms with Crippen LogP contribution in [0.1, 0.15) is 30.0 Å². The summed E-state index contributed by atoms with van der Waals surface area (Å²) in [6, 6.07) is 6.33. The van der Waals surface area contributed by atoms with Crippen LogP contribution in [0.15, 0.2) is 35.5 Å². The van der Waals surface area contributed by atoms with E-state index in [-0.39, 0.29) is 12.1 Å². The van der Waals surface area contributed by atoms with E-state index >= 15 is 0 Å². The molecule has 1 aromatic carbocycles. The molecule has 1 saturated heterocycles. The number of carbonyl (C=O) groups excluding carboxylic acids is 1. The number of piperidine rings is 1. The van der Waals surface area contributed by atoms with E-state index in [2.05, 4.69) is 16.6 Å². The summed E-state index contributed by atoms with van der Waals surface area (Å²) in [7, 11) is 0. The van der Waals surface area contributed by atoms with E-state index in [1.165, 1.54) is 0 Å².